The van der Waals surface area contributed by atoms with Crippen molar-refractivity contribution in [2.24, 2.45) is 0 Å². The van der Waals surface area contributed by atoms with Gasteiger partial charge in [-0.1, -0.05) is 34.1 Å². The SMILES string of the molecule is CC.CCc1cc(C2CCC(=O)NC2=O)c[c-]c1C.[Rb+]. The van der Waals surface area contributed by atoms with Crippen LogP contribution in [0, 0.1) is 13.0 Å². The zero-order valence-electron chi connectivity index (χ0n) is 13.2. The molecule has 4 heteroatoms. The molecule has 2 amide bonds. The van der Waals surface area contributed by atoms with Crippen molar-refractivity contribution in [2.45, 2.75) is 52.9 Å². The standard InChI is InChI=1S/C14H16NO2.C2H6.Rb/c1-3-10-8-11(5-4-9(10)2)12-6-7-13(16)15-14(12)17;1-2;/h5,8,12H,3,6-7H2,1-2H3,(H,15,16,17);1-2H3;/q-1;;+1. The number of benzene rings is 1. The number of rotatable bonds is 2. The van der Waals surface area contributed by atoms with Crippen LogP contribution in [0.5, 0.6) is 0 Å². The van der Waals surface area contributed by atoms with E-state index in [1.165, 1.54) is 5.56 Å². The Labute approximate surface area is 170 Å². The number of nitrogens with one attached hydrogen (secondary N) is 1. The fourth-order valence-electron chi connectivity index (χ4n) is 2.22. The molecule has 1 saturated heterocycles. The second-order valence-electron chi connectivity index (χ2n) is 4.44. The Balaban J connectivity index is 0.00000115. The summed E-state index contributed by atoms with van der Waals surface area (Å²) >= 11 is 0. The van der Waals surface area contributed by atoms with Crippen LogP contribution in [0.25, 0.3) is 0 Å². The first kappa shape index (κ1) is 20.2. The van der Waals surface area contributed by atoms with Gasteiger partial charge in [0.25, 0.3) is 0 Å². The first-order valence-corrected chi connectivity index (χ1v) is 6.96. The van der Waals surface area contributed by atoms with E-state index in [4.69, 9.17) is 0 Å². The summed E-state index contributed by atoms with van der Waals surface area (Å²) in [6.45, 7) is 8.11. The molecule has 1 aromatic carbocycles. The van der Waals surface area contributed by atoms with E-state index in [1.54, 1.807) is 0 Å². The van der Waals surface area contributed by atoms with E-state index in [-0.39, 0.29) is 75.9 Å². The molecule has 104 valence electrons. The van der Waals surface area contributed by atoms with E-state index < -0.39 is 0 Å². The summed E-state index contributed by atoms with van der Waals surface area (Å²) in [6.07, 6.45) is 1.96. The summed E-state index contributed by atoms with van der Waals surface area (Å²) < 4.78 is 0. The molecule has 1 aliphatic heterocycles. The van der Waals surface area contributed by atoms with Crippen LogP contribution in [0.4, 0.5) is 0 Å². The first-order chi connectivity index (χ1) is 9.11. The number of hydrogen-bond donors (Lipinski definition) is 1. The molecule has 3 nitrogen and oxygen atoms in total. The van der Waals surface area contributed by atoms with Crippen LogP contribution in [-0.2, 0) is 16.0 Å². The Morgan fingerprint density at radius 1 is 1.35 bits per heavy atom. The largest absolute Gasteiger partial charge is 1.00 e. The molecular weight excluding hydrogens is 324 g/mol. The van der Waals surface area contributed by atoms with E-state index >= 15 is 0 Å². The number of aryl methyl sites for hydroxylation is 2. The van der Waals surface area contributed by atoms with Crippen molar-refractivity contribution in [3.8, 4) is 0 Å². The molecule has 0 aromatic heterocycles. The Morgan fingerprint density at radius 3 is 2.55 bits per heavy atom. The number of hydrogen-bond acceptors (Lipinski definition) is 2. The summed E-state index contributed by atoms with van der Waals surface area (Å²) in [7, 11) is 0. The molecule has 1 unspecified atom stereocenters. The van der Waals surface area contributed by atoms with Crippen molar-refractivity contribution in [1.82, 2.24) is 5.32 Å². The normalized spacial score (nSPS) is 17.5. The van der Waals surface area contributed by atoms with Crippen molar-refractivity contribution in [3.05, 3.63) is 34.9 Å². The van der Waals surface area contributed by atoms with Crippen LogP contribution in [0.15, 0.2) is 12.1 Å². The fraction of sp³-hybridized carbons (Fsp3) is 0.500. The molecule has 1 heterocycles. The predicted octanol–water partition coefficient (Wildman–Crippen LogP) is -0.0920. The summed E-state index contributed by atoms with van der Waals surface area (Å²) in [5.74, 6) is -0.548. The van der Waals surface area contributed by atoms with Crippen molar-refractivity contribution >= 4 is 11.8 Å². The van der Waals surface area contributed by atoms with Crippen molar-refractivity contribution in [2.75, 3.05) is 0 Å². The smallest absolute Gasteiger partial charge is 0.297 e. The molecule has 1 atom stereocenters. The van der Waals surface area contributed by atoms with Crippen LogP contribution in [-0.4, -0.2) is 11.8 Å². The molecule has 0 bridgehead atoms. The van der Waals surface area contributed by atoms with Crippen molar-refractivity contribution in [1.29, 1.82) is 0 Å². The average molecular weight is 346 g/mol. The Kier molecular flexibility index (Phi) is 10.1. The van der Waals surface area contributed by atoms with Crippen LogP contribution in [0.1, 0.15) is 56.2 Å². The molecule has 20 heavy (non-hydrogen) atoms. The van der Waals surface area contributed by atoms with Gasteiger partial charge in [0.05, 0.1) is 0 Å². The van der Waals surface area contributed by atoms with Gasteiger partial charge in [0.15, 0.2) is 0 Å². The van der Waals surface area contributed by atoms with Gasteiger partial charge < -0.3 is 0 Å². The summed E-state index contributed by atoms with van der Waals surface area (Å²) in [5, 5.41) is 2.39. The van der Waals surface area contributed by atoms with E-state index in [0.717, 1.165) is 17.5 Å². The van der Waals surface area contributed by atoms with Gasteiger partial charge in [-0.15, -0.1) is 5.56 Å². The van der Waals surface area contributed by atoms with Gasteiger partial charge >= 0.3 is 58.2 Å². The van der Waals surface area contributed by atoms with Gasteiger partial charge in [0.2, 0.25) is 11.8 Å². The predicted molar refractivity (Wildman–Crippen MR) is 75.9 cm³/mol. The van der Waals surface area contributed by atoms with E-state index in [2.05, 4.69) is 24.4 Å². The minimum Gasteiger partial charge on any atom is -0.297 e. The number of amides is 2. The summed E-state index contributed by atoms with van der Waals surface area (Å²) in [4.78, 5) is 22.8. The van der Waals surface area contributed by atoms with Crippen LogP contribution in [0.2, 0.25) is 0 Å². The molecule has 0 radical (unpaired) electrons. The maximum atomic E-state index is 11.7. The maximum Gasteiger partial charge on any atom is 1.00 e. The number of piperidine rings is 1. The number of carbonyl (C=O) groups is 2. The second-order valence-corrected chi connectivity index (χ2v) is 4.44. The molecule has 1 aromatic rings. The van der Waals surface area contributed by atoms with E-state index in [0.29, 0.717) is 12.8 Å². The van der Waals surface area contributed by atoms with Crippen molar-refractivity contribution < 1.29 is 67.8 Å². The monoisotopic (exact) mass is 345 g/mol. The zero-order valence-corrected chi connectivity index (χ0v) is 18.1. The van der Waals surface area contributed by atoms with Gasteiger partial charge in [0, 0.05) is 12.3 Å². The van der Waals surface area contributed by atoms with Gasteiger partial charge in [-0.05, 0) is 6.42 Å². The quantitative estimate of drug-likeness (QED) is 0.601. The maximum absolute atomic E-state index is 11.7. The molecule has 0 spiro atoms. The minimum absolute atomic E-state index is 0. The molecule has 0 aliphatic carbocycles. The Bertz CT molecular complexity index is 472. The third-order valence-corrected chi connectivity index (χ3v) is 3.30. The van der Waals surface area contributed by atoms with Gasteiger partial charge in [0.1, 0.15) is 0 Å². The zero-order chi connectivity index (χ0) is 14.4. The fourth-order valence-corrected chi connectivity index (χ4v) is 2.22. The third-order valence-electron chi connectivity index (χ3n) is 3.30. The molecule has 1 fully saturated rings. The average Bonchev–Trinajstić information content (AvgIpc) is 2.42. The van der Waals surface area contributed by atoms with Gasteiger partial charge in [-0.2, -0.15) is 29.3 Å². The van der Waals surface area contributed by atoms with Crippen LogP contribution in [0.3, 0.4) is 0 Å². The second kappa shape index (κ2) is 9.99. The van der Waals surface area contributed by atoms with Gasteiger partial charge in [-0.3, -0.25) is 14.9 Å². The number of carbonyl (C=O) groups excluding carboxylic acids is 2. The number of imide groups is 1. The summed E-state index contributed by atoms with van der Waals surface area (Å²) in [6, 6.07) is 7.11. The molecule has 1 N–H and O–H groups in total. The topological polar surface area (TPSA) is 46.2 Å². The van der Waals surface area contributed by atoms with E-state index in [9.17, 15) is 9.59 Å². The van der Waals surface area contributed by atoms with Crippen molar-refractivity contribution in [3.63, 3.8) is 0 Å². The molecule has 1 aliphatic rings. The van der Waals surface area contributed by atoms with Crippen LogP contribution >= 0.6 is 0 Å². The van der Waals surface area contributed by atoms with Gasteiger partial charge in [-0.25, -0.2) is 0 Å². The molecule has 2 rings (SSSR count). The molecular formula is C16H22NO2Rb. The summed E-state index contributed by atoms with van der Waals surface area (Å²) in [5.41, 5.74) is 3.31. The first-order valence-electron chi connectivity index (χ1n) is 6.96. The minimum atomic E-state index is -0.199. The van der Waals surface area contributed by atoms with E-state index in [1.807, 2.05) is 26.8 Å². The Morgan fingerprint density at radius 2 is 2.00 bits per heavy atom. The third kappa shape index (κ3) is 5.17. The Hall–Kier alpha value is 0.165. The molecule has 0 saturated carbocycles. The van der Waals surface area contributed by atoms with Crippen LogP contribution < -0.4 is 63.5 Å².